The van der Waals surface area contributed by atoms with E-state index in [2.05, 4.69) is 104 Å². The molecule has 0 spiro atoms. The van der Waals surface area contributed by atoms with E-state index >= 15 is 0 Å². The predicted molar refractivity (Wildman–Crippen MR) is 143 cm³/mol. The summed E-state index contributed by atoms with van der Waals surface area (Å²) in [6.07, 6.45) is 3.98. The summed E-state index contributed by atoms with van der Waals surface area (Å²) in [6, 6.07) is 37.7. The van der Waals surface area contributed by atoms with Crippen LogP contribution in [0.3, 0.4) is 0 Å². The third-order valence-electron chi connectivity index (χ3n) is 6.79. The molecule has 0 atom stereocenters. The number of rotatable bonds is 4. The van der Waals surface area contributed by atoms with Crippen LogP contribution in [0.25, 0.3) is 50.0 Å². The number of fused-ring (bicyclic) bond motifs is 4. The van der Waals surface area contributed by atoms with Gasteiger partial charge in [0.05, 0.1) is 18.1 Å². The van der Waals surface area contributed by atoms with Crippen LogP contribution >= 0.6 is 0 Å². The molecule has 0 aliphatic rings. The summed E-state index contributed by atoms with van der Waals surface area (Å²) in [4.78, 5) is 4.67. The molecule has 0 N–H and O–H groups in total. The average Bonchev–Trinajstić information content (AvgIpc) is 3.49. The zero-order valence-electron chi connectivity index (χ0n) is 19.7. The topological polar surface area (TPSA) is 35.9 Å². The molecule has 3 heterocycles. The molecular formula is C31H23N4O+. The first-order chi connectivity index (χ1) is 17.8. The minimum absolute atomic E-state index is 0.830. The Bertz CT molecular complexity index is 1880. The molecule has 36 heavy (non-hydrogen) atoms. The van der Waals surface area contributed by atoms with Crippen LogP contribution in [0.1, 0.15) is 0 Å². The van der Waals surface area contributed by atoms with Gasteiger partial charge in [0.2, 0.25) is 0 Å². The fourth-order valence-electron chi connectivity index (χ4n) is 5.18. The molecule has 7 rings (SSSR count). The lowest BCUT2D eigenvalue weighted by Gasteiger charge is -2.06. The molecule has 0 fully saturated rings. The molecule has 0 aliphatic carbocycles. The van der Waals surface area contributed by atoms with Crippen LogP contribution in [0.4, 0.5) is 0 Å². The summed E-state index contributed by atoms with van der Waals surface area (Å²) in [5.74, 6) is 1.73. The first-order valence-electron chi connectivity index (χ1n) is 11.9. The fraction of sp³-hybridized carbons (Fsp3) is 0.0323. The van der Waals surface area contributed by atoms with Crippen molar-refractivity contribution in [3.05, 3.63) is 122 Å². The van der Waals surface area contributed by atoms with Crippen molar-refractivity contribution < 1.29 is 9.30 Å². The zero-order valence-corrected chi connectivity index (χ0v) is 19.7. The lowest BCUT2D eigenvalue weighted by atomic mass is 10.1. The van der Waals surface area contributed by atoms with E-state index in [0.29, 0.717) is 0 Å². The molecule has 0 radical (unpaired) electrons. The van der Waals surface area contributed by atoms with Gasteiger partial charge in [-0.25, -0.2) is 4.98 Å². The average molecular weight is 468 g/mol. The summed E-state index contributed by atoms with van der Waals surface area (Å²) >= 11 is 0. The van der Waals surface area contributed by atoms with E-state index in [1.54, 1.807) is 7.11 Å². The molecule has 0 saturated heterocycles. The number of pyridine rings is 1. The highest BCUT2D eigenvalue weighted by Gasteiger charge is 2.22. The van der Waals surface area contributed by atoms with E-state index < -0.39 is 0 Å². The van der Waals surface area contributed by atoms with E-state index in [1.807, 2.05) is 36.5 Å². The Hall–Kier alpha value is -4.90. The van der Waals surface area contributed by atoms with E-state index in [0.717, 1.165) is 45.0 Å². The lowest BCUT2D eigenvalue weighted by molar-refractivity contribution is -0.567. The van der Waals surface area contributed by atoms with Crippen molar-refractivity contribution in [3.8, 4) is 22.9 Å². The van der Waals surface area contributed by atoms with Gasteiger partial charge in [0.1, 0.15) is 11.5 Å². The molecule has 0 aliphatic heterocycles. The summed E-state index contributed by atoms with van der Waals surface area (Å²) in [6.45, 7) is 0. The van der Waals surface area contributed by atoms with Gasteiger partial charge in [-0.15, -0.1) is 0 Å². The van der Waals surface area contributed by atoms with E-state index in [4.69, 9.17) is 4.74 Å². The minimum atomic E-state index is 0.830. The minimum Gasteiger partial charge on any atom is -0.492 e. The Kier molecular flexibility index (Phi) is 4.61. The summed E-state index contributed by atoms with van der Waals surface area (Å²) in [5, 5.41) is 2.42. The number of imidazole rings is 1. The number of hydrogen-bond donors (Lipinski definition) is 0. The number of para-hydroxylation sites is 5. The number of methoxy groups -OCH3 is 1. The predicted octanol–water partition coefficient (Wildman–Crippen LogP) is 6.41. The quantitative estimate of drug-likeness (QED) is 0.281. The van der Waals surface area contributed by atoms with Crippen molar-refractivity contribution in [1.82, 2.24) is 14.1 Å². The number of nitrogens with zero attached hydrogens (tertiary/aromatic N) is 4. The number of benzene rings is 4. The first-order valence-corrected chi connectivity index (χ1v) is 11.9. The standard InChI is InChI=1S/C31H23N4O/c1-36-30-15-7-6-14-28(30)34-21-33(26-12-4-5-13-27(26)34)22-17-18-24-23-10-2-3-11-25(23)35(29(24)20-22)31-16-8-9-19-32-31/h2-21H,1H3/q+1. The maximum Gasteiger partial charge on any atom is 0.255 e. The van der Waals surface area contributed by atoms with Gasteiger partial charge in [0.15, 0.2) is 22.5 Å². The number of hydrogen-bond acceptors (Lipinski definition) is 2. The van der Waals surface area contributed by atoms with Crippen LogP contribution in [-0.2, 0) is 0 Å². The van der Waals surface area contributed by atoms with Crippen molar-refractivity contribution in [3.63, 3.8) is 0 Å². The van der Waals surface area contributed by atoms with E-state index in [1.165, 1.54) is 10.8 Å². The summed E-state index contributed by atoms with van der Waals surface area (Å²) < 4.78 is 12.3. The molecule has 0 amide bonds. The van der Waals surface area contributed by atoms with Crippen LogP contribution < -0.4 is 9.30 Å². The zero-order chi connectivity index (χ0) is 24.1. The Morgan fingerprint density at radius 3 is 2.31 bits per heavy atom. The maximum absolute atomic E-state index is 5.68. The molecule has 0 saturated carbocycles. The monoisotopic (exact) mass is 467 g/mol. The van der Waals surface area contributed by atoms with Gasteiger partial charge in [-0.2, -0.15) is 9.13 Å². The van der Waals surface area contributed by atoms with Crippen molar-refractivity contribution in [2.75, 3.05) is 7.11 Å². The molecule has 5 nitrogen and oxygen atoms in total. The van der Waals surface area contributed by atoms with Crippen LogP contribution in [0, 0.1) is 0 Å². The third kappa shape index (κ3) is 3.03. The second-order valence-electron chi connectivity index (χ2n) is 8.76. The lowest BCUT2D eigenvalue weighted by Crippen LogP contribution is -2.28. The van der Waals surface area contributed by atoms with Gasteiger partial charge in [0.25, 0.3) is 6.33 Å². The number of aromatic nitrogens is 4. The molecule has 4 aromatic carbocycles. The smallest absolute Gasteiger partial charge is 0.255 e. The molecule has 172 valence electrons. The first kappa shape index (κ1) is 20.5. The van der Waals surface area contributed by atoms with Crippen LogP contribution in [0.15, 0.2) is 122 Å². The van der Waals surface area contributed by atoms with Gasteiger partial charge in [-0.3, -0.25) is 4.57 Å². The summed E-state index contributed by atoms with van der Waals surface area (Å²) in [5.41, 5.74) is 6.56. The second-order valence-corrected chi connectivity index (χ2v) is 8.76. The van der Waals surface area contributed by atoms with Crippen molar-refractivity contribution in [1.29, 1.82) is 0 Å². The van der Waals surface area contributed by atoms with Gasteiger partial charge in [-0.1, -0.05) is 48.5 Å². The van der Waals surface area contributed by atoms with Gasteiger partial charge < -0.3 is 4.74 Å². The SMILES string of the molecule is COc1ccccc1-n1c[n+](-c2ccc3c4ccccc4n(-c4ccccn4)c3c2)c2ccccc21. The molecular weight excluding hydrogens is 444 g/mol. The Balaban J connectivity index is 1.52. The molecule has 5 heteroatoms. The van der Waals surface area contributed by atoms with E-state index in [-0.39, 0.29) is 0 Å². The highest BCUT2D eigenvalue weighted by atomic mass is 16.5. The molecule has 0 bridgehead atoms. The van der Waals surface area contributed by atoms with Crippen LogP contribution in [0.2, 0.25) is 0 Å². The molecule has 7 aromatic rings. The largest absolute Gasteiger partial charge is 0.492 e. The van der Waals surface area contributed by atoms with Crippen LogP contribution in [-0.4, -0.2) is 21.2 Å². The second kappa shape index (κ2) is 8.10. The fourth-order valence-corrected chi connectivity index (χ4v) is 5.18. The van der Waals surface area contributed by atoms with Gasteiger partial charge >= 0.3 is 0 Å². The Morgan fingerprint density at radius 2 is 1.44 bits per heavy atom. The van der Waals surface area contributed by atoms with Crippen LogP contribution in [0.5, 0.6) is 5.75 Å². The van der Waals surface area contributed by atoms with Crippen molar-refractivity contribution in [2.45, 2.75) is 0 Å². The molecule has 0 unspecified atom stereocenters. The normalized spacial score (nSPS) is 11.5. The summed E-state index contributed by atoms with van der Waals surface area (Å²) in [7, 11) is 1.71. The van der Waals surface area contributed by atoms with E-state index in [9.17, 15) is 0 Å². The maximum atomic E-state index is 5.68. The highest BCUT2D eigenvalue weighted by Crippen LogP contribution is 2.32. The van der Waals surface area contributed by atoms with Gasteiger partial charge in [0, 0.05) is 23.0 Å². The Morgan fingerprint density at radius 1 is 0.694 bits per heavy atom. The van der Waals surface area contributed by atoms with Gasteiger partial charge in [-0.05, 0) is 54.6 Å². The van der Waals surface area contributed by atoms with Crippen molar-refractivity contribution in [2.24, 2.45) is 0 Å². The van der Waals surface area contributed by atoms with Crippen molar-refractivity contribution >= 4 is 32.8 Å². The number of ether oxygens (including phenoxy) is 1. The molecule has 3 aromatic heterocycles. The Labute approximate surface area is 208 Å². The highest BCUT2D eigenvalue weighted by molar-refractivity contribution is 6.09. The third-order valence-corrected chi connectivity index (χ3v) is 6.79.